The summed E-state index contributed by atoms with van der Waals surface area (Å²) in [7, 11) is 0. The van der Waals surface area contributed by atoms with E-state index in [0.29, 0.717) is 0 Å². The van der Waals surface area contributed by atoms with Gasteiger partial charge in [-0.3, -0.25) is 4.79 Å². The number of rotatable bonds is 10. The van der Waals surface area contributed by atoms with Gasteiger partial charge in [0.2, 0.25) is 0 Å². The molecule has 1 heterocycles. The maximum absolute atomic E-state index is 10.6. The largest absolute Gasteiger partial charge is 0.481 e. The molecule has 114 valence electrons. The number of carboxylic acids is 1. The number of carbonyl (C=O) groups is 1. The normalized spacial score (nSPS) is 11.2. The topological polar surface area (TPSA) is 55.1 Å². The van der Waals surface area contributed by atoms with Gasteiger partial charge in [-0.15, -0.1) is 0 Å². The molecule has 0 saturated carbocycles. The fraction of sp³-hybridized carbons (Fsp3) is 0.733. The summed E-state index contributed by atoms with van der Waals surface area (Å²) in [4.78, 5) is 14.9. The van der Waals surface area contributed by atoms with Crippen molar-refractivity contribution in [2.45, 2.75) is 64.6 Å². The van der Waals surface area contributed by atoms with Crippen LogP contribution in [0, 0.1) is 12.8 Å². The minimum Gasteiger partial charge on any atom is -0.481 e. The molecule has 0 amide bonds. The predicted molar refractivity (Wildman–Crippen MR) is 83.2 cm³/mol. The minimum atomic E-state index is -0.795. The number of unbranched alkanes of at least 4 members (excludes halogenated alkanes) is 3. The standard InChI is InChI=1S/C15H26N2O2S/c1-12(2)8-6-4-5-7-9-17-13(3)10-16-15(17)20-11-14(18)19/h10,12H,4-9,11H2,1-3H3,(H,18,19). The summed E-state index contributed by atoms with van der Waals surface area (Å²) >= 11 is 1.30. The molecule has 0 aliphatic heterocycles. The third-order valence-corrected chi connectivity index (χ3v) is 4.23. The summed E-state index contributed by atoms with van der Waals surface area (Å²) in [5.41, 5.74) is 1.11. The van der Waals surface area contributed by atoms with Crippen molar-refractivity contribution in [3.63, 3.8) is 0 Å². The summed E-state index contributed by atoms with van der Waals surface area (Å²) in [5, 5.41) is 9.56. The second-order valence-corrected chi connectivity index (χ2v) is 6.56. The van der Waals surface area contributed by atoms with Crippen molar-refractivity contribution in [3.05, 3.63) is 11.9 Å². The van der Waals surface area contributed by atoms with E-state index in [9.17, 15) is 4.79 Å². The number of imidazole rings is 1. The first-order valence-electron chi connectivity index (χ1n) is 7.37. The van der Waals surface area contributed by atoms with Gasteiger partial charge in [0.05, 0.1) is 5.75 Å². The highest BCUT2D eigenvalue weighted by Crippen LogP contribution is 2.19. The molecule has 0 aliphatic rings. The van der Waals surface area contributed by atoms with Crippen molar-refractivity contribution in [1.29, 1.82) is 0 Å². The fourth-order valence-electron chi connectivity index (χ4n) is 2.13. The predicted octanol–water partition coefficient (Wildman–Crippen LogP) is 3.97. The van der Waals surface area contributed by atoms with Gasteiger partial charge in [-0.2, -0.15) is 0 Å². The van der Waals surface area contributed by atoms with Crippen LogP contribution >= 0.6 is 11.8 Å². The zero-order valence-corrected chi connectivity index (χ0v) is 13.6. The van der Waals surface area contributed by atoms with E-state index >= 15 is 0 Å². The first-order valence-corrected chi connectivity index (χ1v) is 8.36. The summed E-state index contributed by atoms with van der Waals surface area (Å²) in [6, 6.07) is 0. The van der Waals surface area contributed by atoms with E-state index in [1.54, 1.807) is 0 Å². The molecule has 0 fully saturated rings. The van der Waals surface area contributed by atoms with E-state index < -0.39 is 5.97 Å². The molecule has 4 nitrogen and oxygen atoms in total. The molecule has 5 heteroatoms. The monoisotopic (exact) mass is 298 g/mol. The molecule has 1 N–H and O–H groups in total. The number of hydrogen-bond acceptors (Lipinski definition) is 3. The van der Waals surface area contributed by atoms with Gasteiger partial charge in [0.25, 0.3) is 0 Å². The summed E-state index contributed by atoms with van der Waals surface area (Å²) in [6.45, 7) is 7.49. The van der Waals surface area contributed by atoms with Crippen molar-refractivity contribution in [2.75, 3.05) is 5.75 Å². The number of hydrogen-bond donors (Lipinski definition) is 1. The van der Waals surface area contributed by atoms with Crippen molar-refractivity contribution < 1.29 is 9.90 Å². The molecule has 0 saturated heterocycles. The van der Waals surface area contributed by atoms with Gasteiger partial charge >= 0.3 is 5.97 Å². The van der Waals surface area contributed by atoms with E-state index in [0.717, 1.165) is 29.7 Å². The van der Waals surface area contributed by atoms with Crippen LogP contribution in [0.2, 0.25) is 0 Å². The number of aromatic nitrogens is 2. The van der Waals surface area contributed by atoms with Gasteiger partial charge in [-0.25, -0.2) is 4.98 Å². The zero-order valence-electron chi connectivity index (χ0n) is 12.8. The molecule has 1 aromatic rings. The van der Waals surface area contributed by atoms with E-state index in [1.807, 2.05) is 13.1 Å². The Morgan fingerprint density at radius 2 is 2.05 bits per heavy atom. The second kappa shape index (κ2) is 9.06. The molecule has 0 aromatic carbocycles. The van der Waals surface area contributed by atoms with Crippen LogP contribution in [0.15, 0.2) is 11.4 Å². The van der Waals surface area contributed by atoms with Gasteiger partial charge in [0, 0.05) is 18.4 Å². The molecular formula is C15H26N2O2S. The molecule has 0 radical (unpaired) electrons. The second-order valence-electron chi connectivity index (χ2n) is 5.61. The fourth-order valence-corrected chi connectivity index (χ4v) is 2.90. The molecule has 0 spiro atoms. The first kappa shape index (κ1) is 17.1. The molecule has 1 rings (SSSR count). The molecule has 1 aromatic heterocycles. The van der Waals surface area contributed by atoms with Crippen molar-refractivity contribution in [1.82, 2.24) is 9.55 Å². The lowest BCUT2D eigenvalue weighted by atomic mass is 10.0. The number of aryl methyl sites for hydroxylation is 1. The Morgan fingerprint density at radius 3 is 2.70 bits per heavy atom. The zero-order chi connectivity index (χ0) is 15.0. The maximum Gasteiger partial charge on any atom is 0.313 e. The van der Waals surface area contributed by atoms with Crippen molar-refractivity contribution >= 4 is 17.7 Å². The van der Waals surface area contributed by atoms with Gasteiger partial charge < -0.3 is 9.67 Å². The lowest BCUT2D eigenvalue weighted by molar-refractivity contribution is -0.133. The van der Waals surface area contributed by atoms with E-state index in [4.69, 9.17) is 5.11 Å². The molecule has 20 heavy (non-hydrogen) atoms. The lowest BCUT2D eigenvalue weighted by Crippen LogP contribution is -2.05. The van der Waals surface area contributed by atoms with Crippen LogP contribution in [0.4, 0.5) is 0 Å². The van der Waals surface area contributed by atoms with Crippen LogP contribution in [0.25, 0.3) is 0 Å². The van der Waals surface area contributed by atoms with Crippen molar-refractivity contribution in [2.24, 2.45) is 5.92 Å². The van der Waals surface area contributed by atoms with Crippen LogP contribution in [0.3, 0.4) is 0 Å². The summed E-state index contributed by atoms with van der Waals surface area (Å²) in [5.74, 6) is 0.0750. The number of nitrogens with zero attached hydrogens (tertiary/aromatic N) is 2. The summed E-state index contributed by atoms with van der Waals surface area (Å²) in [6.07, 6.45) is 8.08. The number of aliphatic carboxylic acids is 1. The highest BCUT2D eigenvalue weighted by atomic mass is 32.2. The van der Waals surface area contributed by atoms with E-state index in [2.05, 4.69) is 23.4 Å². The van der Waals surface area contributed by atoms with Gasteiger partial charge in [-0.05, 0) is 19.3 Å². The van der Waals surface area contributed by atoms with Gasteiger partial charge in [0.1, 0.15) is 0 Å². The Balaban J connectivity index is 2.31. The first-order chi connectivity index (χ1) is 9.50. The third-order valence-electron chi connectivity index (χ3n) is 3.26. The molecule has 0 aliphatic carbocycles. The summed E-state index contributed by atoms with van der Waals surface area (Å²) < 4.78 is 2.13. The quantitative estimate of drug-likeness (QED) is 0.524. The Kier molecular flexibility index (Phi) is 7.73. The SMILES string of the molecule is Cc1cnc(SCC(=O)O)n1CCCCCCC(C)C. The number of thioether (sulfide) groups is 1. The average Bonchev–Trinajstić information content (AvgIpc) is 2.72. The van der Waals surface area contributed by atoms with E-state index in [-0.39, 0.29) is 5.75 Å². The van der Waals surface area contributed by atoms with Crippen LogP contribution in [0.5, 0.6) is 0 Å². The molecule has 0 unspecified atom stereocenters. The molecule has 0 bridgehead atoms. The maximum atomic E-state index is 10.6. The Bertz CT molecular complexity index is 416. The Labute approximate surface area is 126 Å². The Hall–Kier alpha value is -0.970. The van der Waals surface area contributed by atoms with Crippen LogP contribution in [0.1, 0.15) is 51.6 Å². The molecule has 0 atom stereocenters. The van der Waals surface area contributed by atoms with Crippen LogP contribution < -0.4 is 0 Å². The van der Waals surface area contributed by atoms with Crippen LogP contribution in [-0.4, -0.2) is 26.4 Å². The Morgan fingerprint density at radius 1 is 1.35 bits per heavy atom. The minimum absolute atomic E-state index is 0.0742. The molecular weight excluding hydrogens is 272 g/mol. The smallest absolute Gasteiger partial charge is 0.313 e. The number of carboxylic acid groups (broad SMARTS) is 1. The highest BCUT2D eigenvalue weighted by Gasteiger charge is 2.09. The average molecular weight is 298 g/mol. The highest BCUT2D eigenvalue weighted by molar-refractivity contribution is 7.99. The van der Waals surface area contributed by atoms with Gasteiger partial charge in [-0.1, -0.05) is 51.3 Å². The van der Waals surface area contributed by atoms with Crippen LogP contribution in [-0.2, 0) is 11.3 Å². The third kappa shape index (κ3) is 6.46. The van der Waals surface area contributed by atoms with Gasteiger partial charge in [0.15, 0.2) is 5.16 Å². The van der Waals surface area contributed by atoms with E-state index in [1.165, 1.54) is 37.4 Å². The lowest BCUT2D eigenvalue weighted by Gasteiger charge is -2.09. The van der Waals surface area contributed by atoms with Crippen molar-refractivity contribution in [3.8, 4) is 0 Å².